The van der Waals surface area contributed by atoms with Crippen LogP contribution in [0.1, 0.15) is 17.5 Å². The number of hydrogen-bond acceptors (Lipinski definition) is 8. The summed E-state index contributed by atoms with van der Waals surface area (Å²) in [6.45, 7) is 1.95. The van der Waals surface area contributed by atoms with E-state index in [4.69, 9.17) is 0 Å². The van der Waals surface area contributed by atoms with Crippen LogP contribution in [0.2, 0.25) is 0 Å². The minimum absolute atomic E-state index is 0.168. The minimum atomic E-state index is -0.320. The molecule has 0 saturated heterocycles. The second-order valence-corrected chi connectivity index (χ2v) is 9.69. The first-order chi connectivity index (χ1) is 14.1. The van der Waals surface area contributed by atoms with Gasteiger partial charge in [0.1, 0.15) is 16.8 Å². The summed E-state index contributed by atoms with van der Waals surface area (Å²) in [6, 6.07) is 9.99. The van der Waals surface area contributed by atoms with E-state index in [2.05, 4.69) is 25.5 Å². The molecular formula is C19H17N5O2S3. The number of aliphatic imine (C=N–C) groups is 2. The molecule has 0 radical (unpaired) electrons. The van der Waals surface area contributed by atoms with Crippen LogP contribution >= 0.6 is 34.9 Å². The van der Waals surface area contributed by atoms with Crippen molar-refractivity contribution in [2.75, 3.05) is 16.8 Å². The number of anilines is 1. The second-order valence-electron chi connectivity index (χ2n) is 6.38. The van der Waals surface area contributed by atoms with Crippen molar-refractivity contribution in [1.29, 1.82) is 0 Å². The van der Waals surface area contributed by atoms with Crippen LogP contribution in [0.25, 0.3) is 0 Å². The third-order valence-corrected chi connectivity index (χ3v) is 6.83. The topological polar surface area (TPSA) is 96.7 Å². The summed E-state index contributed by atoms with van der Waals surface area (Å²) in [4.78, 5) is 33.8. The Morgan fingerprint density at radius 1 is 1.21 bits per heavy atom. The highest BCUT2D eigenvalue weighted by molar-refractivity contribution is 8.17. The smallest absolute Gasteiger partial charge is 0.261 e. The van der Waals surface area contributed by atoms with Gasteiger partial charge in [0.05, 0.1) is 16.5 Å². The van der Waals surface area contributed by atoms with Gasteiger partial charge >= 0.3 is 0 Å². The lowest BCUT2D eigenvalue weighted by Crippen LogP contribution is -2.24. The van der Waals surface area contributed by atoms with Crippen molar-refractivity contribution in [2.24, 2.45) is 15.9 Å². The number of amidine groups is 1. The Morgan fingerprint density at radius 2 is 2.03 bits per heavy atom. The number of carbonyl (C=O) groups excluding carboxylic acids is 2. The molecule has 0 aliphatic carbocycles. The fraction of sp³-hybridized carbons (Fsp3) is 0.263. The Balaban J connectivity index is 1.24. The number of thioether (sulfide) groups is 2. The van der Waals surface area contributed by atoms with Crippen LogP contribution in [-0.2, 0) is 16.0 Å². The van der Waals surface area contributed by atoms with E-state index in [-0.39, 0.29) is 23.5 Å². The van der Waals surface area contributed by atoms with E-state index >= 15 is 0 Å². The van der Waals surface area contributed by atoms with Gasteiger partial charge in [-0.2, -0.15) is 4.99 Å². The minimum Gasteiger partial charge on any atom is -0.300 e. The van der Waals surface area contributed by atoms with Crippen LogP contribution in [0, 0.1) is 5.92 Å². The van der Waals surface area contributed by atoms with Gasteiger partial charge in [-0.3, -0.25) is 14.9 Å². The van der Waals surface area contributed by atoms with Crippen LogP contribution in [0.3, 0.4) is 0 Å². The molecule has 0 saturated carbocycles. The highest BCUT2D eigenvalue weighted by atomic mass is 32.2. The SMILES string of the molecule is CC1=CC2C(=O)N=C(CSCC(=O)Nc3nnc(Cc4ccccc4)s3)N=C2S1. The van der Waals surface area contributed by atoms with Crippen molar-refractivity contribution < 1.29 is 9.59 Å². The third kappa shape index (κ3) is 5.20. The van der Waals surface area contributed by atoms with Crippen molar-refractivity contribution in [3.63, 3.8) is 0 Å². The highest BCUT2D eigenvalue weighted by Gasteiger charge is 2.32. The number of fused-ring (bicyclic) bond motifs is 1. The molecule has 2 aliphatic rings. The standard InChI is InChI=1S/C19H17N5O2S3/c1-11-7-13-17(26)20-14(21-18(13)28-11)9-27-10-15(25)22-19-24-23-16(29-19)8-12-5-3-2-4-6-12/h2-7,13H,8-10H2,1H3,(H,22,24,25). The molecule has 1 aromatic heterocycles. The lowest BCUT2D eigenvalue weighted by molar-refractivity contribution is -0.118. The molecule has 0 bridgehead atoms. The van der Waals surface area contributed by atoms with Gasteiger partial charge in [-0.05, 0) is 17.4 Å². The summed E-state index contributed by atoms with van der Waals surface area (Å²) in [6.07, 6.45) is 2.57. The predicted molar refractivity (Wildman–Crippen MR) is 120 cm³/mol. The van der Waals surface area contributed by atoms with Gasteiger partial charge in [0.2, 0.25) is 11.0 Å². The average Bonchev–Trinajstić information content (AvgIpc) is 3.28. The zero-order chi connectivity index (χ0) is 20.2. The van der Waals surface area contributed by atoms with Crippen LogP contribution in [0.15, 0.2) is 51.3 Å². The fourth-order valence-corrected chi connectivity index (χ4v) is 5.23. The quantitative estimate of drug-likeness (QED) is 0.704. The van der Waals surface area contributed by atoms with E-state index in [1.54, 1.807) is 0 Å². The maximum Gasteiger partial charge on any atom is 0.261 e. The Hall–Kier alpha value is -2.30. The zero-order valence-electron chi connectivity index (χ0n) is 15.5. The number of amides is 2. The Morgan fingerprint density at radius 3 is 2.86 bits per heavy atom. The number of aromatic nitrogens is 2. The number of rotatable bonds is 7. The first kappa shape index (κ1) is 20.0. The molecule has 1 aromatic carbocycles. The van der Waals surface area contributed by atoms with Crippen LogP contribution in [0.5, 0.6) is 0 Å². The molecule has 1 N–H and O–H groups in total. The normalized spacial score (nSPS) is 18.0. The molecule has 148 valence electrons. The summed E-state index contributed by atoms with van der Waals surface area (Å²) < 4.78 is 0. The van der Waals surface area contributed by atoms with Crippen molar-refractivity contribution in [3.05, 3.63) is 51.9 Å². The van der Waals surface area contributed by atoms with E-state index in [0.717, 1.165) is 20.5 Å². The van der Waals surface area contributed by atoms with E-state index < -0.39 is 0 Å². The van der Waals surface area contributed by atoms with Crippen molar-refractivity contribution in [2.45, 2.75) is 13.3 Å². The molecule has 4 rings (SSSR count). The molecule has 2 amide bonds. The lowest BCUT2D eigenvalue weighted by Gasteiger charge is -2.12. The number of nitrogens with one attached hydrogen (secondary N) is 1. The predicted octanol–water partition coefficient (Wildman–Crippen LogP) is 3.40. The molecule has 10 heteroatoms. The molecule has 29 heavy (non-hydrogen) atoms. The lowest BCUT2D eigenvalue weighted by atomic mass is 10.1. The number of allylic oxidation sites excluding steroid dienone is 1. The van der Waals surface area contributed by atoms with E-state index in [1.165, 1.54) is 34.9 Å². The first-order valence-electron chi connectivity index (χ1n) is 8.87. The molecule has 7 nitrogen and oxygen atoms in total. The number of nitrogens with zero attached hydrogens (tertiary/aromatic N) is 4. The van der Waals surface area contributed by atoms with Gasteiger partial charge in [0, 0.05) is 6.42 Å². The Kier molecular flexibility index (Phi) is 6.22. The van der Waals surface area contributed by atoms with E-state index in [0.29, 0.717) is 23.1 Å². The molecule has 3 heterocycles. The first-order valence-corrected chi connectivity index (χ1v) is 11.7. The van der Waals surface area contributed by atoms with Crippen molar-refractivity contribution in [3.8, 4) is 0 Å². The van der Waals surface area contributed by atoms with E-state index in [1.807, 2.05) is 43.3 Å². The van der Waals surface area contributed by atoms with Crippen LogP contribution < -0.4 is 5.32 Å². The molecular weight excluding hydrogens is 426 g/mol. The number of benzene rings is 1. The van der Waals surface area contributed by atoms with Crippen molar-refractivity contribution >= 4 is 62.7 Å². The summed E-state index contributed by atoms with van der Waals surface area (Å²) in [5.74, 6) is 0.428. The van der Waals surface area contributed by atoms with Gasteiger partial charge in [0.15, 0.2) is 0 Å². The summed E-state index contributed by atoms with van der Waals surface area (Å²) >= 11 is 4.24. The molecule has 0 fully saturated rings. The average molecular weight is 444 g/mol. The third-order valence-electron chi connectivity index (χ3n) is 4.05. The van der Waals surface area contributed by atoms with Gasteiger partial charge in [-0.15, -0.1) is 22.0 Å². The molecule has 1 atom stereocenters. The number of carbonyl (C=O) groups is 2. The fourth-order valence-electron chi connectivity index (χ4n) is 2.79. The summed E-state index contributed by atoms with van der Waals surface area (Å²) in [5.41, 5.74) is 1.15. The zero-order valence-corrected chi connectivity index (χ0v) is 17.9. The Labute approximate surface area is 180 Å². The molecule has 0 spiro atoms. The van der Waals surface area contributed by atoms with Gasteiger partial charge < -0.3 is 0 Å². The maximum atomic E-state index is 12.2. The highest BCUT2D eigenvalue weighted by Crippen LogP contribution is 2.34. The largest absolute Gasteiger partial charge is 0.300 e. The summed E-state index contributed by atoms with van der Waals surface area (Å²) in [5, 5.41) is 13.0. The van der Waals surface area contributed by atoms with Gasteiger partial charge in [-0.25, -0.2) is 4.99 Å². The molecule has 2 aliphatic heterocycles. The Bertz CT molecular complexity index is 1030. The number of hydrogen-bond donors (Lipinski definition) is 1. The van der Waals surface area contributed by atoms with Gasteiger partial charge in [0.25, 0.3) is 5.91 Å². The molecule has 2 aromatic rings. The summed E-state index contributed by atoms with van der Waals surface area (Å²) in [7, 11) is 0. The second kappa shape index (κ2) is 9.02. The van der Waals surface area contributed by atoms with E-state index in [9.17, 15) is 9.59 Å². The van der Waals surface area contributed by atoms with Gasteiger partial charge in [-0.1, -0.05) is 59.5 Å². The maximum absolute atomic E-state index is 12.2. The monoisotopic (exact) mass is 443 g/mol. The van der Waals surface area contributed by atoms with Crippen LogP contribution in [-0.4, -0.2) is 44.4 Å². The van der Waals surface area contributed by atoms with Crippen molar-refractivity contribution in [1.82, 2.24) is 10.2 Å². The molecule has 1 unspecified atom stereocenters. The van der Waals surface area contributed by atoms with Crippen LogP contribution in [0.4, 0.5) is 5.13 Å².